The second-order valence-corrected chi connectivity index (χ2v) is 8.65. The highest BCUT2D eigenvalue weighted by Crippen LogP contribution is 2.18. The van der Waals surface area contributed by atoms with Crippen molar-refractivity contribution in [2.24, 2.45) is 0 Å². The van der Waals surface area contributed by atoms with Gasteiger partial charge in [0.2, 0.25) is 0 Å². The number of quaternary nitrogens is 1. The molecule has 2 aromatic carbocycles. The van der Waals surface area contributed by atoms with Gasteiger partial charge in [0.15, 0.2) is 0 Å². The van der Waals surface area contributed by atoms with E-state index in [-0.39, 0.29) is 10.8 Å². The summed E-state index contributed by atoms with van der Waals surface area (Å²) in [6, 6.07) is 13.3. The molecule has 144 valence electrons. The number of carbonyl (C=O) groups excluding carboxylic acids is 1. The standard InChI is InChI=1S/C20H25N3O3S/c1-16-6-4-8-18(14-16)22-27(25,26)19-9-5-7-17(15-19)20(24)21-10-13-23-11-2-3-12-23/h4-9,14-15,22H,2-3,10-13H2,1H3,(H,21,24)/p+1. The summed E-state index contributed by atoms with van der Waals surface area (Å²) < 4.78 is 27.8. The van der Waals surface area contributed by atoms with Crippen LogP contribution in [0.4, 0.5) is 5.69 Å². The molecule has 0 radical (unpaired) electrons. The number of hydrogen-bond acceptors (Lipinski definition) is 3. The average molecular weight is 389 g/mol. The third-order valence-corrected chi connectivity index (χ3v) is 6.13. The Labute approximate surface area is 160 Å². The fraction of sp³-hybridized carbons (Fsp3) is 0.350. The molecule has 0 bridgehead atoms. The van der Waals surface area contributed by atoms with Crippen molar-refractivity contribution < 1.29 is 18.1 Å². The van der Waals surface area contributed by atoms with Gasteiger partial charge in [-0.15, -0.1) is 0 Å². The van der Waals surface area contributed by atoms with Crippen LogP contribution in [0.15, 0.2) is 53.4 Å². The van der Waals surface area contributed by atoms with E-state index in [2.05, 4.69) is 10.0 Å². The van der Waals surface area contributed by atoms with Crippen LogP contribution in [0, 0.1) is 6.92 Å². The zero-order valence-corrected chi connectivity index (χ0v) is 16.3. The first-order valence-corrected chi connectivity index (χ1v) is 10.7. The topological polar surface area (TPSA) is 79.7 Å². The van der Waals surface area contributed by atoms with E-state index in [1.165, 1.54) is 29.9 Å². The van der Waals surface area contributed by atoms with Crippen LogP contribution in [-0.2, 0) is 10.0 Å². The van der Waals surface area contributed by atoms with E-state index in [9.17, 15) is 13.2 Å². The van der Waals surface area contributed by atoms with Gasteiger partial charge in [-0.05, 0) is 42.8 Å². The summed E-state index contributed by atoms with van der Waals surface area (Å²) in [5, 5.41) is 2.89. The van der Waals surface area contributed by atoms with Gasteiger partial charge in [0.25, 0.3) is 15.9 Å². The molecule has 7 heteroatoms. The monoisotopic (exact) mass is 388 g/mol. The highest BCUT2D eigenvalue weighted by molar-refractivity contribution is 7.92. The molecule has 1 aliphatic heterocycles. The number of benzene rings is 2. The molecule has 0 spiro atoms. The van der Waals surface area contributed by atoms with Gasteiger partial charge in [-0.25, -0.2) is 8.42 Å². The summed E-state index contributed by atoms with van der Waals surface area (Å²) in [6.07, 6.45) is 2.49. The Kier molecular flexibility index (Phi) is 6.13. The second-order valence-electron chi connectivity index (χ2n) is 6.97. The highest BCUT2D eigenvalue weighted by Gasteiger charge is 2.18. The molecule has 1 amide bonds. The Bertz CT molecular complexity index is 906. The number of likely N-dealkylation sites (tertiary alicyclic amines) is 1. The predicted octanol–water partition coefficient (Wildman–Crippen LogP) is 1.20. The third-order valence-electron chi connectivity index (χ3n) is 4.75. The largest absolute Gasteiger partial charge is 0.346 e. The van der Waals surface area contributed by atoms with Crippen LogP contribution in [0.3, 0.4) is 0 Å². The third kappa shape index (κ3) is 5.30. The maximum absolute atomic E-state index is 12.6. The maximum Gasteiger partial charge on any atom is 0.261 e. The molecular formula is C20H26N3O3S+. The molecule has 2 aromatic rings. The van der Waals surface area contributed by atoms with Crippen LogP contribution in [0.1, 0.15) is 28.8 Å². The Balaban J connectivity index is 1.65. The van der Waals surface area contributed by atoms with Crippen LogP contribution in [0.2, 0.25) is 0 Å². The molecule has 1 fully saturated rings. The van der Waals surface area contributed by atoms with E-state index in [0.29, 0.717) is 17.8 Å². The van der Waals surface area contributed by atoms with E-state index in [1.54, 1.807) is 30.3 Å². The SMILES string of the molecule is Cc1cccc(NS(=O)(=O)c2cccc(C(=O)NCC[NH+]3CCCC3)c2)c1. The molecule has 0 saturated carbocycles. The molecule has 0 aromatic heterocycles. The minimum atomic E-state index is -3.75. The van der Waals surface area contributed by atoms with Crippen molar-refractivity contribution in [1.29, 1.82) is 0 Å². The lowest BCUT2D eigenvalue weighted by molar-refractivity contribution is -0.886. The van der Waals surface area contributed by atoms with Crippen molar-refractivity contribution in [2.75, 3.05) is 30.9 Å². The molecule has 3 N–H and O–H groups in total. The summed E-state index contributed by atoms with van der Waals surface area (Å²) in [7, 11) is -3.75. The van der Waals surface area contributed by atoms with Crippen molar-refractivity contribution in [3.8, 4) is 0 Å². The first kappa shape index (κ1) is 19.4. The molecule has 1 aliphatic rings. The second kappa shape index (κ2) is 8.54. The Hall–Kier alpha value is -2.38. The molecule has 3 rings (SSSR count). The number of aryl methyl sites for hydroxylation is 1. The van der Waals surface area contributed by atoms with Crippen LogP contribution in [0.5, 0.6) is 0 Å². The number of sulfonamides is 1. The normalized spacial score (nSPS) is 14.9. The molecule has 0 aliphatic carbocycles. The Morgan fingerprint density at radius 3 is 2.56 bits per heavy atom. The lowest BCUT2D eigenvalue weighted by atomic mass is 10.2. The minimum Gasteiger partial charge on any atom is -0.346 e. The average Bonchev–Trinajstić information content (AvgIpc) is 3.15. The number of rotatable bonds is 7. The molecule has 27 heavy (non-hydrogen) atoms. The number of nitrogens with one attached hydrogen (secondary N) is 3. The van der Waals surface area contributed by atoms with E-state index >= 15 is 0 Å². The summed E-state index contributed by atoms with van der Waals surface area (Å²) in [5.41, 5.74) is 1.81. The number of carbonyl (C=O) groups is 1. The summed E-state index contributed by atoms with van der Waals surface area (Å²) in [5.74, 6) is -0.249. The van der Waals surface area contributed by atoms with Crippen LogP contribution < -0.4 is 14.9 Å². The lowest BCUT2D eigenvalue weighted by Crippen LogP contribution is -3.10. The minimum absolute atomic E-state index is 0.0711. The van der Waals surface area contributed by atoms with Crippen molar-refractivity contribution in [3.05, 3.63) is 59.7 Å². The van der Waals surface area contributed by atoms with Gasteiger partial charge in [0.05, 0.1) is 31.1 Å². The van der Waals surface area contributed by atoms with Crippen LogP contribution in [-0.4, -0.2) is 40.5 Å². The Morgan fingerprint density at radius 1 is 1.07 bits per heavy atom. The van der Waals surface area contributed by atoms with Crippen molar-refractivity contribution in [3.63, 3.8) is 0 Å². The van der Waals surface area contributed by atoms with Crippen molar-refractivity contribution >= 4 is 21.6 Å². The van der Waals surface area contributed by atoms with E-state index < -0.39 is 10.0 Å². The van der Waals surface area contributed by atoms with Gasteiger partial charge in [-0.1, -0.05) is 18.2 Å². The quantitative estimate of drug-likeness (QED) is 0.667. The van der Waals surface area contributed by atoms with Gasteiger partial charge in [0.1, 0.15) is 0 Å². The smallest absolute Gasteiger partial charge is 0.261 e. The van der Waals surface area contributed by atoms with Crippen LogP contribution >= 0.6 is 0 Å². The summed E-state index contributed by atoms with van der Waals surface area (Å²) >= 11 is 0. The molecule has 6 nitrogen and oxygen atoms in total. The first-order chi connectivity index (χ1) is 12.9. The fourth-order valence-electron chi connectivity index (χ4n) is 3.31. The zero-order valence-electron chi connectivity index (χ0n) is 15.5. The zero-order chi connectivity index (χ0) is 19.3. The van der Waals surface area contributed by atoms with Crippen molar-refractivity contribution in [1.82, 2.24) is 5.32 Å². The molecule has 0 atom stereocenters. The van der Waals surface area contributed by atoms with Gasteiger partial charge in [-0.2, -0.15) is 0 Å². The van der Waals surface area contributed by atoms with Gasteiger partial charge < -0.3 is 10.2 Å². The van der Waals surface area contributed by atoms with Gasteiger partial charge in [-0.3, -0.25) is 9.52 Å². The van der Waals surface area contributed by atoms with Crippen molar-refractivity contribution in [2.45, 2.75) is 24.7 Å². The number of anilines is 1. The highest BCUT2D eigenvalue weighted by atomic mass is 32.2. The summed E-state index contributed by atoms with van der Waals surface area (Å²) in [6.45, 7) is 5.71. The first-order valence-electron chi connectivity index (χ1n) is 9.25. The molecule has 1 heterocycles. The van der Waals surface area contributed by atoms with E-state index in [1.807, 2.05) is 13.0 Å². The fourth-order valence-corrected chi connectivity index (χ4v) is 4.40. The van der Waals surface area contributed by atoms with Crippen LogP contribution in [0.25, 0.3) is 0 Å². The molecular weight excluding hydrogens is 362 g/mol. The number of hydrogen-bond donors (Lipinski definition) is 3. The van der Waals surface area contributed by atoms with E-state index in [4.69, 9.17) is 0 Å². The maximum atomic E-state index is 12.6. The predicted molar refractivity (Wildman–Crippen MR) is 106 cm³/mol. The van der Waals surface area contributed by atoms with Gasteiger partial charge >= 0.3 is 0 Å². The molecule has 1 saturated heterocycles. The van der Waals surface area contributed by atoms with Gasteiger partial charge in [0, 0.05) is 24.1 Å². The summed E-state index contributed by atoms with van der Waals surface area (Å²) in [4.78, 5) is 13.9. The lowest BCUT2D eigenvalue weighted by Gasteiger charge is -2.13. The number of amides is 1. The molecule has 0 unspecified atom stereocenters. The Morgan fingerprint density at radius 2 is 1.81 bits per heavy atom. The van der Waals surface area contributed by atoms with E-state index in [0.717, 1.165) is 25.2 Å².